The molecule has 162 valence electrons. The molecule has 1 aliphatic rings. The molecule has 0 spiro atoms. The Bertz CT molecular complexity index is 1260. The van der Waals surface area contributed by atoms with Gasteiger partial charge in [-0.2, -0.15) is 0 Å². The normalized spacial score (nSPS) is 13.4. The van der Waals surface area contributed by atoms with Crippen molar-refractivity contribution in [3.8, 4) is 11.3 Å². The van der Waals surface area contributed by atoms with E-state index in [0.717, 1.165) is 40.4 Å². The number of aromatic nitrogens is 3. The minimum Gasteiger partial charge on any atom is -0.361 e. The van der Waals surface area contributed by atoms with Gasteiger partial charge in [-0.25, -0.2) is 9.37 Å². The number of hydrogen-bond acceptors (Lipinski definition) is 3. The maximum absolute atomic E-state index is 13.8. The minimum atomic E-state index is -0.258. The topological polar surface area (TPSA) is 61.9 Å². The second-order valence-electron chi connectivity index (χ2n) is 8.57. The molecule has 1 amide bonds. The molecule has 0 radical (unpaired) electrons. The highest BCUT2D eigenvalue weighted by molar-refractivity contribution is 5.98. The van der Waals surface area contributed by atoms with Gasteiger partial charge < -0.3 is 9.88 Å². The minimum absolute atomic E-state index is 0.105. The lowest BCUT2D eigenvalue weighted by Gasteiger charge is -2.23. The van der Waals surface area contributed by atoms with Gasteiger partial charge in [0.15, 0.2) is 5.69 Å². The van der Waals surface area contributed by atoms with Gasteiger partial charge in [-0.3, -0.25) is 9.78 Å². The van der Waals surface area contributed by atoms with Gasteiger partial charge >= 0.3 is 0 Å². The zero-order valence-corrected chi connectivity index (χ0v) is 18.0. The molecular formula is C26H25FN4O. The number of amides is 1. The largest absolute Gasteiger partial charge is 0.361 e. The summed E-state index contributed by atoms with van der Waals surface area (Å²) in [5.74, 6) is 0.178. The molecule has 0 atom stereocenters. The molecule has 0 unspecified atom stereocenters. The second kappa shape index (κ2) is 8.54. The number of halogens is 1. The van der Waals surface area contributed by atoms with Gasteiger partial charge in [0.2, 0.25) is 0 Å². The van der Waals surface area contributed by atoms with Crippen molar-refractivity contribution in [2.24, 2.45) is 5.92 Å². The van der Waals surface area contributed by atoms with E-state index >= 15 is 0 Å². The van der Waals surface area contributed by atoms with Crippen molar-refractivity contribution in [3.63, 3.8) is 0 Å². The molecule has 0 bridgehead atoms. The average Bonchev–Trinajstić information content (AvgIpc) is 3.55. The number of nitrogens with one attached hydrogen (secondary N) is 1. The van der Waals surface area contributed by atoms with Crippen LogP contribution in [0.25, 0.3) is 22.2 Å². The SMILES string of the molecule is Cc1ccc(-c2nccnc2C(=O)N(CCc2c[nH]c3ccc(F)cc23)CC2CC2)cc1. The zero-order chi connectivity index (χ0) is 22.1. The van der Waals surface area contributed by atoms with Crippen molar-refractivity contribution in [1.82, 2.24) is 19.9 Å². The second-order valence-corrected chi connectivity index (χ2v) is 8.57. The predicted molar refractivity (Wildman–Crippen MR) is 123 cm³/mol. The Morgan fingerprint density at radius 2 is 1.91 bits per heavy atom. The molecule has 4 aromatic rings. The molecule has 32 heavy (non-hydrogen) atoms. The van der Waals surface area contributed by atoms with Crippen molar-refractivity contribution in [2.45, 2.75) is 26.2 Å². The van der Waals surface area contributed by atoms with E-state index in [1.807, 2.05) is 42.3 Å². The molecule has 2 aromatic carbocycles. The maximum atomic E-state index is 13.8. The summed E-state index contributed by atoms with van der Waals surface area (Å²) < 4.78 is 13.8. The Kier molecular flexibility index (Phi) is 5.43. The molecular weight excluding hydrogens is 403 g/mol. The number of H-pyrrole nitrogens is 1. The molecule has 1 saturated carbocycles. The fraction of sp³-hybridized carbons (Fsp3) is 0.269. The first-order valence-corrected chi connectivity index (χ1v) is 11.0. The number of aromatic amines is 1. The van der Waals surface area contributed by atoms with E-state index in [0.29, 0.717) is 36.8 Å². The Labute approximate surface area is 186 Å². The fourth-order valence-electron chi connectivity index (χ4n) is 4.07. The van der Waals surface area contributed by atoms with Crippen LogP contribution < -0.4 is 0 Å². The van der Waals surface area contributed by atoms with Gasteiger partial charge in [0.1, 0.15) is 11.5 Å². The van der Waals surface area contributed by atoms with Crippen molar-refractivity contribution in [3.05, 3.63) is 83.7 Å². The number of benzene rings is 2. The van der Waals surface area contributed by atoms with Crippen LogP contribution in [-0.4, -0.2) is 38.8 Å². The summed E-state index contributed by atoms with van der Waals surface area (Å²) in [7, 11) is 0. The summed E-state index contributed by atoms with van der Waals surface area (Å²) in [6, 6.07) is 12.7. The van der Waals surface area contributed by atoms with Crippen LogP contribution in [0.3, 0.4) is 0 Å². The third-order valence-corrected chi connectivity index (χ3v) is 6.07. The van der Waals surface area contributed by atoms with Crippen molar-refractivity contribution < 1.29 is 9.18 Å². The van der Waals surface area contributed by atoms with Gasteiger partial charge in [-0.1, -0.05) is 29.8 Å². The van der Waals surface area contributed by atoms with E-state index in [4.69, 9.17) is 0 Å². The highest BCUT2D eigenvalue weighted by atomic mass is 19.1. The fourth-order valence-corrected chi connectivity index (χ4v) is 4.07. The maximum Gasteiger partial charge on any atom is 0.274 e. The molecule has 5 nitrogen and oxygen atoms in total. The lowest BCUT2D eigenvalue weighted by Crippen LogP contribution is -2.35. The number of carbonyl (C=O) groups is 1. The number of hydrogen-bond donors (Lipinski definition) is 1. The lowest BCUT2D eigenvalue weighted by atomic mass is 10.1. The van der Waals surface area contributed by atoms with Gasteiger partial charge in [-0.05, 0) is 55.9 Å². The van der Waals surface area contributed by atoms with Gasteiger partial charge in [0.25, 0.3) is 5.91 Å². The van der Waals surface area contributed by atoms with Crippen LogP contribution in [0.4, 0.5) is 4.39 Å². The van der Waals surface area contributed by atoms with Crippen LogP contribution in [-0.2, 0) is 6.42 Å². The van der Waals surface area contributed by atoms with E-state index in [9.17, 15) is 9.18 Å². The van der Waals surface area contributed by atoms with Crippen molar-refractivity contribution in [2.75, 3.05) is 13.1 Å². The lowest BCUT2D eigenvalue weighted by molar-refractivity contribution is 0.0744. The van der Waals surface area contributed by atoms with E-state index < -0.39 is 0 Å². The first kappa shape index (κ1) is 20.4. The standard InChI is InChI=1S/C26H25FN4O/c1-17-2-6-19(7-3-17)24-25(29-12-11-28-24)26(32)31(16-18-4-5-18)13-10-20-15-30-23-9-8-21(27)14-22(20)23/h2-3,6-9,11-12,14-15,18,30H,4-5,10,13,16H2,1H3. The quantitative estimate of drug-likeness (QED) is 0.442. The molecule has 5 rings (SSSR count). The average molecular weight is 429 g/mol. The predicted octanol–water partition coefficient (Wildman–Crippen LogP) is 5.17. The molecule has 1 N–H and O–H groups in total. The highest BCUT2D eigenvalue weighted by Gasteiger charge is 2.29. The van der Waals surface area contributed by atoms with Gasteiger partial charge in [0, 0.05) is 48.1 Å². The van der Waals surface area contributed by atoms with E-state index in [1.165, 1.54) is 6.07 Å². The van der Waals surface area contributed by atoms with E-state index in [2.05, 4.69) is 15.0 Å². The summed E-state index contributed by atoms with van der Waals surface area (Å²) in [5, 5.41) is 0.865. The molecule has 2 aromatic heterocycles. The van der Waals surface area contributed by atoms with Crippen molar-refractivity contribution >= 4 is 16.8 Å². The Balaban J connectivity index is 1.41. The highest BCUT2D eigenvalue weighted by Crippen LogP contribution is 2.31. The molecule has 2 heterocycles. The number of nitrogens with zero attached hydrogens (tertiary/aromatic N) is 3. The molecule has 0 aliphatic heterocycles. The van der Waals surface area contributed by atoms with Crippen LogP contribution in [0.15, 0.2) is 61.1 Å². The first-order chi connectivity index (χ1) is 15.6. The molecule has 1 aliphatic carbocycles. The van der Waals surface area contributed by atoms with Crippen molar-refractivity contribution in [1.29, 1.82) is 0 Å². The Morgan fingerprint density at radius 3 is 2.69 bits per heavy atom. The van der Waals surface area contributed by atoms with E-state index in [1.54, 1.807) is 24.5 Å². The summed E-state index contributed by atoms with van der Waals surface area (Å²) in [6.07, 6.45) is 8.03. The summed E-state index contributed by atoms with van der Waals surface area (Å²) >= 11 is 0. The Hall–Kier alpha value is -3.54. The monoisotopic (exact) mass is 428 g/mol. The zero-order valence-electron chi connectivity index (χ0n) is 18.0. The third-order valence-electron chi connectivity index (χ3n) is 6.07. The number of carbonyl (C=O) groups excluding carboxylic acids is 1. The van der Waals surface area contributed by atoms with Gasteiger partial charge in [-0.15, -0.1) is 0 Å². The molecule has 0 saturated heterocycles. The summed E-state index contributed by atoms with van der Waals surface area (Å²) in [4.78, 5) is 27.6. The van der Waals surface area contributed by atoms with Crippen LogP contribution in [0.2, 0.25) is 0 Å². The molecule has 6 heteroatoms. The smallest absolute Gasteiger partial charge is 0.274 e. The van der Waals surface area contributed by atoms with Crippen LogP contribution in [0.1, 0.15) is 34.5 Å². The summed E-state index contributed by atoms with van der Waals surface area (Å²) in [6.45, 7) is 3.28. The third kappa shape index (κ3) is 4.26. The number of fused-ring (bicyclic) bond motifs is 1. The number of aryl methyl sites for hydroxylation is 1. The van der Waals surface area contributed by atoms with Crippen LogP contribution in [0, 0.1) is 18.7 Å². The first-order valence-electron chi connectivity index (χ1n) is 11.0. The van der Waals surface area contributed by atoms with Gasteiger partial charge in [0.05, 0.1) is 0 Å². The van der Waals surface area contributed by atoms with Crippen LogP contribution in [0.5, 0.6) is 0 Å². The van der Waals surface area contributed by atoms with E-state index in [-0.39, 0.29) is 11.7 Å². The number of rotatable bonds is 7. The summed E-state index contributed by atoms with van der Waals surface area (Å²) in [5.41, 5.74) is 4.92. The van der Waals surface area contributed by atoms with Crippen LogP contribution >= 0.6 is 0 Å². The Morgan fingerprint density at radius 1 is 1.12 bits per heavy atom. The molecule has 1 fully saturated rings.